The van der Waals surface area contributed by atoms with E-state index in [1.165, 1.54) is 4.90 Å². The normalized spacial score (nSPS) is 12.9. The molecule has 188 valence electrons. The van der Waals surface area contributed by atoms with E-state index in [1.54, 1.807) is 0 Å². The van der Waals surface area contributed by atoms with Crippen LogP contribution in [-0.4, -0.2) is 36.0 Å². The lowest BCUT2D eigenvalue weighted by molar-refractivity contribution is 0.0650. The summed E-state index contributed by atoms with van der Waals surface area (Å²) in [7, 11) is 0. The molecular weight excluding hydrogens is 1050 g/mol. The second-order valence-electron chi connectivity index (χ2n) is 6.93. The number of hydrogen-bond acceptors (Lipinski definition) is 5. The zero-order chi connectivity index (χ0) is 26.2. The predicted octanol–water partition coefficient (Wildman–Crippen LogP) is 10.5. The minimum absolute atomic E-state index is 0.131. The van der Waals surface area contributed by atoms with Gasteiger partial charge in [-0.3, -0.25) is 14.5 Å². The molecule has 0 saturated carbocycles. The van der Waals surface area contributed by atoms with Crippen LogP contribution >= 0.6 is 143 Å². The topological polar surface area (TPSA) is 72.9 Å². The van der Waals surface area contributed by atoms with Gasteiger partial charge in [-0.2, -0.15) is 0 Å². The average Bonchev–Trinajstić information content (AvgIpc) is 3.08. The Morgan fingerprint density at radius 1 is 0.600 bits per heavy atom. The summed E-state index contributed by atoms with van der Waals surface area (Å²) in [4.78, 5) is 39.1. The maximum Gasteiger partial charge on any atom is 0.513 e. The van der Waals surface area contributed by atoms with Crippen LogP contribution in [-0.2, 0) is 4.74 Å². The maximum absolute atomic E-state index is 12.9. The Bertz CT molecular complexity index is 1170. The van der Waals surface area contributed by atoms with Crippen molar-refractivity contribution in [1.82, 2.24) is 4.90 Å². The minimum atomic E-state index is -0.848. The Labute approximate surface area is 276 Å². The van der Waals surface area contributed by atoms with Crippen molar-refractivity contribution in [3.63, 3.8) is 0 Å². The van der Waals surface area contributed by atoms with Crippen LogP contribution in [0.1, 0.15) is 40.0 Å². The number of carbonyl (C=O) groups is 3. The standard InChI is InChI=1S/C20H10Br9NO5/c21-8-6-7(9(22)11(24)10(8)23)19(32)30(18(6)31)4-2-1-3-5-34-20(33)35-17-15(28)13(26)12(25)14(27)16(17)29/h1-5H2. The Morgan fingerprint density at radius 2 is 1.03 bits per heavy atom. The van der Waals surface area contributed by atoms with Gasteiger partial charge in [0.25, 0.3) is 11.8 Å². The SMILES string of the molecule is O=C(OCCCCCN1C(=O)c2c(Br)c(Br)c(Br)c(Br)c2C1=O)Oc1c(Br)c(Br)c(Br)c(Br)c1Br. The number of rotatable bonds is 7. The van der Waals surface area contributed by atoms with Crippen LogP contribution in [0.5, 0.6) is 5.75 Å². The molecule has 3 rings (SSSR count). The Hall–Kier alpha value is 1.17. The summed E-state index contributed by atoms with van der Waals surface area (Å²) in [6.45, 7) is 0.387. The molecule has 0 atom stereocenters. The minimum Gasteiger partial charge on any atom is -0.434 e. The highest BCUT2D eigenvalue weighted by Gasteiger charge is 2.40. The first-order chi connectivity index (χ1) is 16.4. The van der Waals surface area contributed by atoms with Crippen LogP contribution in [0, 0.1) is 0 Å². The van der Waals surface area contributed by atoms with Crippen LogP contribution in [0.25, 0.3) is 0 Å². The molecular formula is C20H10Br9NO5. The van der Waals surface area contributed by atoms with Gasteiger partial charge in [-0.15, -0.1) is 0 Å². The van der Waals surface area contributed by atoms with Gasteiger partial charge < -0.3 is 9.47 Å². The largest absolute Gasteiger partial charge is 0.513 e. The first-order valence-electron chi connectivity index (χ1n) is 9.48. The first kappa shape index (κ1) is 30.7. The number of amides is 2. The Kier molecular flexibility index (Phi) is 11.4. The quantitative estimate of drug-likeness (QED) is 0.0690. The van der Waals surface area contributed by atoms with Gasteiger partial charge in [0.1, 0.15) is 0 Å². The van der Waals surface area contributed by atoms with E-state index in [2.05, 4.69) is 143 Å². The van der Waals surface area contributed by atoms with Gasteiger partial charge in [-0.05, 0) is 163 Å². The van der Waals surface area contributed by atoms with Crippen molar-refractivity contribution in [3.05, 3.63) is 51.4 Å². The molecule has 35 heavy (non-hydrogen) atoms. The highest BCUT2D eigenvalue weighted by molar-refractivity contribution is 9.16. The zero-order valence-corrected chi connectivity index (χ0v) is 31.2. The van der Waals surface area contributed by atoms with Gasteiger partial charge in [-0.25, -0.2) is 4.79 Å². The van der Waals surface area contributed by atoms with E-state index in [0.717, 1.165) is 4.47 Å². The summed E-state index contributed by atoms with van der Waals surface area (Å²) in [6.07, 6.45) is 0.891. The fourth-order valence-electron chi connectivity index (χ4n) is 3.09. The van der Waals surface area contributed by atoms with E-state index in [0.29, 0.717) is 66.2 Å². The van der Waals surface area contributed by atoms with E-state index in [4.69, 9.17) is 9.47 Å². The molecule has 15 heteroatoms. The number of ether oxygens (including phenoxy) is 2. The number of benzene rings is 2. The van der Waals surface area contributed by atoms with Gasteiger partial charge in [0.15, 0.2) is 5.75 Å². The number of carbonyl (C=O) groups excluding carboxylic acids is 3. The highest BCUT2D eigenvalue weighted by Crippen LogP contribution is 2.49. The molecule has 1 heterocycles. The van der Waals surface area contributed by atoms with E-state index in [-0.39, 0.29) is 30.7 Å². The van der Waals surface area contributed by atoms with E-state index >= 15 is 0 Å². The number of halogens is 9. The van der Waals surface area contributed by atoms with E-state index in [1.807, 2.05) is 0 Å². The molecule has 2 aromatic rings. The lowest BCUT2D eigenvalue weighted by Gasteiger charge is -2.14. The summed E-state index contributed by atoms with van der Waals surface area (Å²) >= 11 is 30.6. The lowest BCUT2D eigenvalue weighted by atomic mass is 10.1. The molecule has 1 aliphatic heterocycles. The van der Waals surface area contributed by atoms with Crippen molar-refractivity contribution in [2.24, 2.45) is 0 Å². The van der Waals surface area contributed by atoms with Crippen LogP contribution in [0.3, 0.4) is 0 Å². The predicted molar refractivity (Wildman–Crippen MR) is 163 cm³/mol. The van der Waals surface area contributed by atoms with Gasteiger partial charge in [-0.1, -0.05) is 0 Å². The second kappa shape index (κ2) is 13.0. The maximum atomic E-state index is 12.9. The molecule has 1 aliphatic rings. The first-order valence-corrected chi connectivity index (χ1v) is 16.6. The molecule has 0 aromatic heterocycles. The summed E-state index contributed by atoms with van der Waals surface area (Å²) in [5, 5.41) is 0. The van der Waals surface area contributed by atoms with Crippen LogP contribution < -0.4 is 4.74 Å². The summed E-state index contributed by atoms with van der Waals surface area (Å²) in [5.41, 5.74) is 0.651. The number of unbranched alkanes of at least 4 members (excludes halogenated alkanes) is 2. The molecule has 0 aliphatic carbocycles. The summed E-state index contributed by atoms with van der Waals surface area (Å²) in [6, 6.07) is 0. The molecule has 0 N–H and O–H groups in total. The molecule has 0 spiro atoms. The fourth-order valence-corrected chi connectivity index (χ4v) is 8.72. The van der Waals surface area contributed by atoms with Crippen molar-refractivity contribution >= 4 is 161 Å². The third-order valence-electron chi connectivity index (χ3n) is 4.79. The Balaban J connectivity index is 1.50. The van der Waals surface area contributed by atoms with Crippen molar-refractivity contribution < 1.29 is 23.9 Å². The summed E-state index contributed by atoms with van der Waals surface area (Å²) in [5.74, 6) is -0.444. The Morgan fingerprint density at radius 3 is 1.51 bits per heavy atom. The average molecular weight is 1060 g/mol. The molecule has 0 radical (unpaired) electrons. The third-order valence-corrected chi connectivity index (χ3v) is 15.6. The van der Waals surface area contributed by atoms with Gasteiger partial charge in [0.05, 0.1) is 35.6 Å². The zero-order valence-electron chi connectivity index (χ0n) is 16.9. The number of hydrogen-bond donors (Lipinski definition) is 0. The van der Waals surface area contributed by atoms with Crippen LogP contribution in [0.4, 0.5) is 4.79 Å². The van der Waals surface area contributed by atoms with E-state index < -0.39 is 6.16 Å². The van der Waals surface area contributed by atoms with Crippen molar-refractivity contribution in [2.45, 2.75) is 19.3 Å². The van der Waals surface area contributed by atoms with Gasteiger partial charge in [0, 0.05) is 28.9 Å². The number of imide groups is 1. The van der Waals surface area contributed by atoms with Gasteiger partial charge in [0.2, 0.25) is 0 Å². The lowest BCUT2D eigenvalue weighted by Crippen LogP contribution is -2.30. The van der Waals surface area contributed by atoms with Crippen molar-refractivity contribution in [1.29, 1.82) is 0 Å². The monoisotopic (exact) mass is 1050 g/mol. The molecule has 6 nitrogen and oxygen atoms in total. The second-order valence-corrected chi connectivity index (χ2v) is 14.1. The smallest absolute Gasteiger partial charge is 0.434 e. The van der Waals surface area contributed by atoms with E-state index in [9.17, 15) is 14.4 Å². The molecule has 2 aromatic carbocycles. The molecule has 0 saturated heterocycles. The van der Waals surface area contributed by atoms with Crippen molar-refractivity contribution in [3.8, 4) is 5.75 Å². The number of fused-ring (bicyclic) bond motifs is 1. The molecule has 0 unspecified atom stereocenters. The molecule has 2 amide bonds. The molecule has 0 fully saturated rings. The highest BCUT2D eigenvalue weighted by atomic mass is 79.9. The van der Waals surface area contributed by atoms with Crippen LogP contribution in [0.2, 0.25) is 0 Å². The van der Waals surface area contributed by atoms with Gasteiger partial charge >= 0.3 is 6.16 Å². The third kappa shape index (κ3) is 6.33. The summed E-state index contributed by atoms with van der Waals surface area (Å²) < 4.78 is 16.0. The number of nitrogens with zero attached hydrogens (tertiary/aromatic N) is 1. The molecule has 0 bridgehead atoms. The van der Waals surface area contributed by atoms with Crippen molar-refractivity contribution in [2.75, 3.05) is 13.2 Å². The van der Waals surface area contributed by atoms with Crippen LogP contribution in [0.15, 0.2) is 40.3 Å². The fraction of sp³-hybridized carbons (Fsp3) is 0.250.